The van der Waals surface area contributed by atoms with Gasteiger partial charge in [0.15, 0.2) is 0 Å². The summed E-state index contributed by atoms with van der Waals surface area (Å²) in [5, 5.41) is 9.60. The van der Waals surface area contributed by atoms with Crippen LogP contribution in [0.3, 0.4) is 0 Å². The van der Waals surface area contributed by atoms with Gasteiger partial charge < -0.3 is 14.9 Å². The lowest BCUT2D eigenvalue weighted by Crippen LogP contribution is -2.61. The van der Waals surface area contributed by atoms with Crippen LogP contribution in [0.15, 0.2) is 18.2 Å². The van der Waals surface area contributed by atoms with E-state index < -0.39 is 6.04 Å². The summed E-state index contributed by atoms with van der Waals surface area (Å²) in [7, 11) is 1.79. The number of aliphatic hydroxyl groups is 1. The molecule has 4 heteroatoms. The van der Waals surface area contributed by atoms with Crippen molar-refractivity contribution in [1.82, 2.24) is 4.90 Å². The number of aryl methyl sites for hydroxylation is 2. The molecule has 0 bridgehead atoms. The van der Waals surface area contributed by atoms with Gasteiger partial charge in [-0.2, -0.15) is 0 Å². The van der Waals surface area contributed by atoms with Gasteiger partial charge >= 0.3 is 0 Å². The van der Waals surface area contributed by atoms with E-state index in [1.165, 1.54) is 0 Å². The number of nitrogens with zero attached hydrogens (tertiary/aromatic N) is 2. The summed E-state index contributed by atoms with van der Waals surface area (Å²) >= 11 is 0. The fraction of sp³-hybridized carbons (Fsp3) is 0.533. The Hall–Kier alpha value is -1.55. The minimum Gasteiger partial charge on any atom is -0.394 e. The molecule has 1 aliphatic heterocycles. The van der Waals surface area contributed by atoms with Crippen molar-refractivity contribution in [2.75, 3.05) is 25.1 Å². The van der Waals surface area contributed by atoms with E-state index in [-0.39, 0.29) is 18.6 Å². The second-order valence-corrected chi connectivity index (χ2v) is 5.46. The maximum atomic E-state index is 12.2. The average Bonchev–Trinajstić information content (AvgIpc) is 2.36. The van der Waals surface area contributed by atoms with Crippen LogP contribution >= 0.6 is 0 Å². The van der Waals surface area contributed by atoms with E-state index in [0.717, 1.165) is 16.8 Å². The molecule has 1 heterocycles. The first-order valence-corrected chi connectivity index (χ1v) is 6.67. The van der Waals surface area contributed by atoms with Crippen LogP contribution in [-0.2, 0) is 4.79 Å². The number of benzene rings is 1. The van der Waals surface area contributed by atoms with Crippen LogP contribution in [0.2, 0.25) is 0 Å². The maximum Gasteiger partial charge on any atom is 0.247 e. The zero-order chi connectivity index (χ0) is 14.2. The molecule has 0 aliphatic carbocycles. The SMILES string of the molecule is Cc1ccc(C)c(N2C(C)CN(C)C(=O)C2CO)c1. The molecular weight excluding hydrogens is 240 g/mol. The topological polar surface area (TPSA) is 43.8 Å². The van der Waals surface area contributed by atoms with Crippen LogP contribution in [0.5, 0.6) is 0 Å². The van der Waals surface area contributed by atoms with Gasteiger partial charge in [-0.3, -0.25) is 4.79 Å². The summed E-state index contributed by atoms with van der Waals surface area (Å²) < 4.78 is 0. The molecular formula is C15H22N2O2. The fourth-order valence-electron chi connectivity index (χ4n) is 2.82. The second-order valence-electron chi connectivity index (χ2n) is 5.46. The van der Waals surface area contributed by atoms with Crippen LogP contribution in [-0.4, -0.2) is 48.2 Å². The van der Waals surface area contributed by atoms with Crippen molar-refractivity contribution >= 4 is 11.6 Å². The first kappa shape index (κ1) is 13.9. The van der Waals surface area contributed by atoms with Crippen LogP contribution < -0.4 is 4.90 Å². The fourth-order valence-corrected chi connectivity index (χ4v) is 2.82. The molecule has 1 fully saturated rings. The first-order valence-electron chi connectivity index (χ1n) is 6.67. The number of hydrogen-bond donors (Lipinski definition) is 1. The van der Waals surface area contributed by atoms with E-state index in [4.69, 9.17) is 0 Å². The van der Waals surface area contributed by atoms with Gasteiger partial charge in [0.05, 0.1) is 6.61 Å². The Balaban J connectivity index is 2.45. The standard InChI is InChI=1S/C15H22N2O2/c1-10-5-6-11(2)13(7-10)17-12(3)8-16(4)15(19)14(17)9-18/h5-7,12,14,18H,8-9H2,1-4H3. The van der Waals surface area contributed by atoms with Gasteiger partial charge in [-0.15, -0.1) is 0 Å². The monoisotopic (exact) mass is 262 g/mol. The summed E-state index contributed by atoms with van der Waals surface area (Å²) in [6, 6.07) is 5.94. The third-order valence-corrected chi connectivity index (χ3v) is 3.83. The van der Waals surface area contributed by atoms with Crippen molar-refractivity contribution in [1.29, 1.82) is 0 Å². The van der Waals surface area contributed by atoms with Gasteiger partial charge in [0, 0.05) is 25.3 Å². The van der Waals surface area contributed by atoms with E-state index in [9.17, 15) is 9.90 Å². The molecule has 0 saturated carbocycles. The van der Waals surface area contributed by atoms with E-state index in [1.54, 1.807) is 11.9 Å². The molecule has 2 atom stereocenters. The van der Waals surface area contributed by atoms with Gasteiger partial charge in [-0.1, -0.05) is 12.1 Å². The largest absolute Gasteiger partial charge is 0.394 e. The van der Waals surface area contributed by atoms with Gasteiger partial charge in [-0.25, -0.2) is 0 Å². The number of anilines is 1. The molecule has 0 aromatic heterocycles. The molecule has 1 aromatic rings. The van der Waals surface area contributed by atoms with E-state index in [1.807, 2.05) is 13.8 Å². The van der Waals surface area contributed by atoms with E-state index in [2.05, 4.69) is 30.0 Å². The lowest BCUT2D eigenvalue weighted by Gasteiger charge is -2.45. The first-order chi connectivity index (χ1) is 8.95. The molecule has 2 rings (SSSR count). The average molecular weight is 262 g/mol. The molecule has 2 unspecified atom stereocenters. The predicted molar refractivity (Wildman–Crippen MR) is 76.4 cm³/mol. The maximum absolute atomic E-state index is 12.2. The highest BCUT2D eigenvalue weighted by Crippen LogP contribution is 2.28. The predicted octanol–water partition coefficient (Wildman–Crippen LogP) is 1.33. The summed E-state index contributed by atoms with van der Waals surface area (Å²) in [5.41, 5.74) is 3.34. The highest BCUT2D eigenvalue weighted by molar-refractivity contribution is 5.87. The number of carbonyl (C=O) groups is 1. The Kier molecular flexibility index (Phi) is 3.80. The molecule has 1 aromatic carbocycles. The molecule has 0 spiro atoms. The molecule has 0 radical (unpaired) electrons. The third kappa shape index (κ3) is 2.45. The number of amides is 1. The molecule has 4 nitrogen and oxygen atoms in total. The lowest BCUT2D eigenvalue weighted by molar-refractivity contribution is -0.134. The van der Waals surface area contributed by atoms with Gasteiger partial charge in [0.2, 0.25) is 5.91 Å². The molecule has 1 aliphatic rings. The van der Waals surface area contributed by atoms with E-state index >= 15 is 0 Å². The quantitative estimate of drug-likeness (QED) is 0.874. The number of carbonyl (C=O) groups excluding carboxylic acids is 1. The van der Waals surface area contributed by atoms with Crippen molar-refractivity contribution < 1.29 is 9.90 Å². The van der Waals surface area contributed by atoms with Gasteiger partial charge in [-0.05, 0) is 38.0 Å². The Bertz CT molecular complexity index is 487. The number of likely N-dealkylation sites (N-methyl/N-ethyl adjacent to an activating group) is 1. The van der Waals surface area contributed by atoms with Crippen molar-refractivity contribution in [2.24, 2.45) is 0 Å². The van der Waals surface area contributed by atoms with Crippen molar-refractivity contribution in [3.8, 4) is 0 Å². The van der Waals surface area contributed by atoms with Crippen LogP contribution in [0.25, 0.3) is 0 Å². The van der Waals surface area contributed by atoms with Crippen LogP contribution in [0.4, 0.5) is 5.69 Å². The van der Waals surface area contributed by atoms with E-state index in [0.29, 0.717) is 6.54 Å². The summed E-state index contributed by atoms with van der Waals surface area (Å²) in [5.74, 6) is -0.0125. The third-order valence-electron chi connectivity index (χ3n) is 3.83. The van der Waals surface area contributed by atoms with Crippen LogP contribution in [0, 0.1) is 13.8 Å². The number of aliphatic hydroxyl groups excluding tert-OH is 1. The molecule has 1 N–H and O–H groups in total. The Morgan fingerprint density at radius 2 is 2.05 bits per heavy atom. The zero-order valence-electron chi connectivity index (χ0n) is 12.1. The highest BCUT2D eigenvalue weighted by atomic mass is 16.3. The Morgan fingerprint density at radius 1 is 1.37 bits per heavy atom. The van der Waals surface area contributed by atoms with Crippen molar-refractivity contribution in [2.45, 2.75) is 32.9 Å². The second kappa shape index (κ2) is 5.21. The smallest absolute Gasteiger partial charge is 0.247 e. The van der Waals surface area contributed by atoms with Crippen molar-refractivity contribution in [3.63, 3.8) is 0 Å². The molecule has 104 valence electrons. The van der Waals surface area contributed by atoms with Gasteiger partial charge in [0.25, 0.3) is 0 Å². The highest BCUT2D eigenvalue weighted by Gasteiger charge is 2.37. The lowest BCUT2D eigenvalue weighted by atomic mass is 10.0. The zero-order valence-corrected chi connectivity index (χ0v) is 12.1. The minimum absolute atomic E-state index is 0.0125. The Labute approximate surface area is 114 Å². The molecule has 19 heavy (non-hydrogen) atoms. The van der Waals surface area contributed by atoms with Crippen molar-refractivity contribution in [3.05, 3.63) is 29.3 Å². The summed E-state index contributed by atoms with van der Waals surface area (Å²) in [6.45, 7) is 6.70. The summed E-state index contributed by atoms with van der Waals surface area (Å²) in [4.78, 5) is 16.0. The normalized spacial score (nSPS) is 23.9. The van der Waals surface area contributed by atoms with Gasteiger partial charge in [0.1, 0.15) is 6.04 Å². The minimum atomic E-state index is -0.478. The van der Waals surface area contributed by atoms with Crippen LogP contribution in [0.1, 0.15) is 18.1 Å². The number of piperazine rings is 1. The summed E-state index contributed by atoms with van der Waals surface area (Å²) in [6.07, 6.45) is 0. The molecule has 1 amide bonds. The molecule has 1 saturated heterocycles. The number of rotatable bonds is 2. The Morgan fingerprint density at radius 3 is 2.68 bits per heavy atom. The number of hydrogen-bond acceptors (Lipinski definition) is 3.